The van der Waals surface area contributed by atoms with E-state index in [1.807, 2.05) is 71.2 Å². The minimum Gasteiger partial charge on any atom is -0.456 e. The number of benzene rings is 17. The fourth-order valence-electron chi connectivity index (χ4n) is 16.4. The van der Waals surface area contributed by atoms with E-state index in [0.717, 1.165) is 160 Å². The summed E-state index contributed by atoms with van der Waals surface area (Å²) in [4.78, 5) is 31.9. The van der Waals surface area contributed by atoms with Gasteiger partial charge in [0.2, 0.25) is 5.71 Å². The Kier molecular flexibility index (Phi) is 14.8. The molecule has 0 aliphatic heterocycles. The molecule has 512 valence electrons. The van der Waals surface area contributed by atoms with Crippen molar-refractivity contribution in [3.63, 3.8) is 0 Å². The van der Waals surface area contributed by atoms with Crippen molar-refractivity contribution in [3.8, 4) is 67.5 Å². The van der Waals surface area contributed by atoms with Crippen molar-refractivity contribution in [2.45, 2.75) is 0 Å². The van der Waals surface area contributed by atoms with Crippen LogP contribution in [-0.2, 0) is 0 Å². The Hall–Kier alpha value is -14.2. The van der Waals surface area contributed by atoms with Crippen LogP contribution in [0.25, 0.3) is 228 Å². The highest BCUT2D eigenvalue weighted by Gasteiger charge is 2.27. The van der Waals surface area contributed by atoms with Crippen LogP contribution in [-0.4, -0.2) is 29.9 Å². The monoisotopic (exact) mass is 1440 g/mol. The summed E-state index contributed by atoms with van der Waals surface area (Å²) < 4.78 is 17.7. The molecule has 7 heterocycles. The zero-order valence-corrected chi connectivity index (χ0v) is 60.4. The molecule has 17 aromatic carbocycles. The van der Waals surface area contributed by atoms with Gasteiger partial charge in [-0.25, -0.2) is 29.9 Å². The van der Waals surface area contributed by atoms with E-state index in [9.17, 15) is 0 Å². The predicted octanol–water partition coefficient (Wildman–Crippen LogP) is 28.0. The Morgan fingerprint density at radius 3 is 1.02 bits per heavy atom. The molecule has 0 aliphatic carbocycles. The van der Waals surface area contributed by atoms with Crippen molar-refractivity contribution in [3.05, 3.63) is 352 Å². The second-order valence-corrected chi connectivity index (χ2v) is 29.9. The van der Waals surface area contributed by atoms with Crippen molar-refractivity contribution < 1.29 is 8.83 Å². The first-order valence-corrected chi connectivity index (χ1v) is 38.4. The van der Waals surface area contributed by atoms with Crippen LogP contribution in [0.5, 0.6) is 0 Å². The van der Waals surface area contributed by atoms with Gasteiger partial charge in [-0.2, -0.15) is 0 Å². The van der Waals surface area contributed by atoms with E-state index in [0.29, 0.717) is 5.71 Å². The highest BCUT2D eigenvalue weighted by Crippen LogP contribution is 2.50. The number of thiophene rings is 2. The fourth-order valence-corrected chi connectivity index (χ4v) is 18.7. The van der Waals surface area contributed by atoms with Crippen LogP contribution in [0.15, 0.2) is 361 Å². The maximum atomic E-state index is 6.37. The molecule has 24 rings (SSSR count). The summed E-state index contributed by atoms with van der Waals surface area (Å²) >= 11 is 3.67. The summed E-state index contributed by atoms with van der Waals surface area (Å²) in [6, 6.07) is 122. The summed E-state index contributed by atoms with van der Waals surface area (Å²) in [6.45, 7) is 0. The van der Waals surface area contributed by atoms with Crippen LogP contribution < -0.4 is 0 Å². The molecule has 110 heavy (non-hydrogen) atoms. The number of furan rings is 2. The van der Waals surface area contributed by atoms with E-state index in [-0.39, 0.29) is 0 Å². The lowest BCUT2D eigenvalue weighted by Gasteiger charge is -2.15. The Morgan fingerprint density at radius 1 is 0.200 bits per heavy atom. The van der Waals surface area contributed by atoms with Crippen molar-refractivity contribution in [1.82, 2.24) is 29.9 Å². The van der Waals surface area contributed by atoms with E-state index in [2.05, 4.69) is 303 Å². The van der Waals surface area contributed by atoms with Crippen LogP contribution >= 0.6 is 22.7 Å². The number of hydrogen-bond donors (Lipinski definition) is 0. The van der Waals surface area contributed by atoms with Gasteiger partial charge < -0.3 is 8.83 Å². The zero-order chi connectivity index (χ0) is 72.3. The highest BCUT2D eigenvalue weighted by molar-refractivity contribution is 7.26. The van der Waals surface area contributed by atoms with Gasteiger partial charge >= 0.3 is 0 Å². The molecular formula is C100H58N6O2S2. The summed E-state index contributed by atoms with van der Waals surface area (Å²) in [7, 11) is 0. The summed E-state index contributed by atoms with van der Waals surface area (Å²) in [5.74, 6) is 0. The van der Waals surface area contributed by atoms with Gasteiger partial charge in [0.1, 0.15) is 28.0 Å². The summed E-state index contributed by atoms with van der Waals surface area (Å²) in [6.07, 6.45) is 0. The van der Waals surface area contributed by atoms with Crippen molar-refractivity contribution in [2.24, 2.45) is 0 Å². The van der Waals surface area contributed by atoms with Gasteiger partial charge in [0.05, 0.1) is 50.5 Å². The second kappa shape index (κ2) is 25.8. The average Bonchev–Trinajstić information content (AvgIpc) is 1.44. The summed E-state index contributed by atoms with van der Waals surface area (Å²) in [5, 5.41) is 19.7. The lowest BCUT2D eigenvalue weighted by atomic mass is 9.93. The molecule has 8 nitrogen and oxygen atoms in total. The highest BCUT2D eigenvalue weighted by atomic mass is 32.1. The number of nitrogens with zero attached hydrogens (tertiary/aromatic N) is 6. The zero-order valence-electron chi connectivity index (χ0n) is 58.8. The van der Waals surface area contributed by atoms with Crippen molar-refractivity contribution >= 4 is 183 Å². The molecule has 0 saturated heterocycles. The normalized spacial score (nSPS) is 11.8. The molecule has 0 aliphatic rings. The van der Waals surface area contributed by atoms with Gasteiger partial charge in [-0.05, 0) is 104 Å². The molecule has 0 radical (unpaired) electrons. The Morgan fingerprint density at radius 2 is 0.545 bits per heavy atom. The maximum absolute atomic E-state index is 6.37. The van der Waals surface area contributed by atoms with Gasteiger partial charge in [-0.3, -0.25) is 0 Å². The van der Waals surface area contributed by atoms with E-state index in [4.69, 9.17) is 38.7 Å². The molecular weight excluding hydrogens is 1380 g/mol. The van der Waals surface area contributed by atoms with Crippen LogP contribution in [0.3, 0.4) is 0 Å². The summed E-state index contributed by atoms with van der Waals surface area (Å²) in [5.41, 5.74) is 19.3. The SMILES string of the molecule is c1ccc(-c2nc3c(ccc4ccccc43)nc2-c2c3ccccc3cc3oc4ccccc4c23)cc1.c1ccc(-c2nc3c(ccc4ccccc43)nc2-c2c3ccccc3cc3sc4ccccc4c23)cc1.c1ccc(-c2nc3c(nc2-c2c4ccccc4cc4sc5ccccc5c24)oc2ccccc23)cc1. The lowest BCUT2D eigenvalue weighted by molar-refractivity contribution is 0.653. The lowest BCUT2D eigenvalue weighted by Crippen LogP contribution is -1.97. The predicted molar refractivity (Wildman–Crippen MR) is 462 cm³/mol. The molecule has 7 aromatic heterocycles. The molecule has 0 N–H and O–H groups in total. The van der Waals surface area contributed by atoms with Crippen LogP contribution in [0.4, 0.5) is 0 Å². The van der Waals surface area contributed by atoms with Gasteiger partial charge in [-0.1, -0.05) is 291 Å². The Balaban J connectivity index is 0.000000102. The van der Waals surface area contributed by atoms with Crippen molar-refractivity contribution in [1.29, 1.82) is 0 Å². The molecule has 0 saturated carbocycles. The largest absolute Gasteiger partial charge is 0.456 e. The van der Waals surface area contributed by atoms with Crippen LogP contribution in [0.2, 0.25) is 0 Å². The molecule has 0 amide bonds. The molecule has 0 fully saturated rings. The molecule has 0 atom stereocenters. The minimum atomic E-state index is 0.562. The van der Waals surface area contributed by atoms with Gasteiger partial charge in [0, 0.05) is 101 Å². The van der Waals surface area contributed by atoms with E-state index < -0.39 is 0 Å². The van der Waals surface area contributed by atoms with Gasteiger partial charge in [0.15, 0.2) is 0 Å². The van der Waals surface area contributed by atoms with Crippen LogP contribution in [0.1, 0.15) is 0 Å². The third kappa shape index (κ3) is 10.4. The first-order chi connectivity index (χ1) is 54.5. The number of fused-ring (bicyclic) bond motifs is 21. The number of aromatic nitrogens is 6. The third-order valence-electron chi connectivity index (χ3n) is 21.4. The molecule has 0 spiro atoms. The first-order valence-electron chi connectivity index (χ1n) is 36.8. The quantitative estimate of drug-likeness (QED) is 0.152. The Bertz CT molecular complexity index is 7550. The molecule has 24 aromatic rings. The minimum absolute atomic E-state index is 0.562. The molecule has 10 heteroatoms. The smallest absolute Gasteiger partial charge is 0.246 e. The van der Waals surface area contributed by atoms with Gasteiger partial charge in [0.25, 0.3) is 0 Å². The standard InChI is InChI=1S/C34H20N2O.C34H20N2S.C32H18N2OS/c2*1-2-11-22(12-3-1)32-34(35-27-19-18-21-10-4-7-15-25(21)33(27)36-32)31-24-14-6-5-13-23(24)20-29-30(31)26-16-8-9-17-28(26)37-29;1-2-10-19(11-3-1)29-31(34-32-30(33-29)22-14-6-8-16-24(22)35-32)28-21-13-5-4-12-20(21)18-26-27(28)23-15-7-9-17-25(23)36-26/h2*1-20H;1-18H. The molecule has 0 bridgehead atoms. The van der Waals surface area contributed by atoms with Crippen molar-refractivity contribution in [2.75, 3.05) is 0 Å². The maximum Gasteiger partial charge on any atom is 0.246 e. The third-order valence-corrected chi connectivity index (χ3v) is 23.6. The van der Waals surface area contributed by atoms with Gasteiger partial charge in [-0.15, -0.1) is 22.7 Å². The topological polar surface area (TPSA) is 104 Å². The number of hydrogen-bond acceptors (Lipinski definition) is 10. The fraction of sp³-hybridized carbons (Fsp3) is 0. The second-order valence-electron chi connectivity index (χ2n) is 27.8. The first kappa shape index (κ1) is 63.1. The molecule has 0 unspecified atom stereocenters. The van der Waals surface area contributed by atoms with Crippen LogP contribution in [0, 0.1) is 0 Å². The Labute approximate surface area is 636 Å². The van der Waals surface area contributed by atoms with E-state index in [1.54, 1.807) is 0 Å². The number of rotatable bonds is 6. The average molecular weight is 1440 g/mol. The van der Waals surface area contributed by atoms with E-state index in [1.165, 1.54) is 61.9 Å². The van der Waals surface area contributed by atoms with E-state index >= 15 is 0 Å². The number of para-hydroxylation sites is 2.